The minimum absolute atomic E-state index is 0.389. The summed E-state index contributed by atoms with van der Waals surface area (Å²) in [6.45, 7) is 3.88. The molecule has 0 radical (unpaired) electrons. The Morgan fingerprint density at radius 3 is 2.52 bits per heavy atom. The van der Waals surface area contributed by atoms with E-state index in [2.05, 4.69) is 30.6 Å². The lowest BCUT2D eigenvalue weighted by Gasteiger charge is -2.27. The van der Waals surface area contributed by atoms with Crippen molar-refractivity contribution in [2.45, 2.75) is 25.7 Å². The third kappa shape index (κ3) is 3.70. The summed E-state index contributed by atoms with van der Waals surface area (Å²) in [5, 5.41) is 3.33. The number of hydrazine groups is 1. The van der Waals surface area contributed by atoms with Gasteiger partial charge in [-0.2, -0.15) is 15.0 Å². The molecule has 1 aromatic rings. The molecule has 1 aromatic heterocycles. The molecule has 1 saturated heterocycles. The summed E-state index contributed by atoms with van der Waals surface area (Å²) in [7, 11) is 0. The third-order valence-corrected chi connectivity index (χ3v) is 4.07. The van der Waals surface area contributed by atoms with E-state index < -0.39 is 0 Å². The summed E-state index contributed by atoms with van der Waals surface area (Å²) in [5.74, 6) is 7.81. The van der Waals surface area contributed by atoms with Gasteiger partial charge < -0.3 is 15.0 Å². The molecule has 1 saturated carbocycles. The van der Waals surface area contributed by atoms with Crippen LogP contribution in [-0.4, -0.2) is 47.8 Å². The molecule has 0 amide bonds. The first-order valence-corrected chi connectivity index (χ1v) is 7.64. The zero-order valence-electron chi connectivity index (χ0n) is 12.2. The van der Waals surface area contributed by atoms with E-state index >= 15 is 0 Å². The van der Waals surface area contributed by atoms with Gasteiger partial charge in [-0.05, 0) is 18.8 Å². The molecule has 3 rings (SSSR count). The van der Waals surface area contributed by atoms with Gasteiger partial charge in [-0.3, -0.25) is 5.43 Å². The number of hydrogen-bond acceptors (Lipinski definition) is 8. The number of ether oxygens (including phenoxy) is 1. The van der Waals surface area contributed by atoms with Crippen molar-refractivity contribution < 1.29 is 4.74 Å². The molecule has 0 atom stereocenters. The number of nitrogens with zero attached hydrogens (tertiary/aromatic N) is 4. The summed E-state index contributed by atoms with van der Waals surface area (Å²) in [6.07, 6.45) is 5.24. The van der Waals surface area contributed by atoms with Crippen LogP contribution in [0.1, 0.15) is 25.7 Å². The Hall–Kier alpha value is -1.67. The van der Waals surface area contributed by atoms with Gasteiger partial charge in [0.05, 0.1) is 13.2 Å². The Labute approximate surface area is 124 Å². The smallest absolute Gasteiger partial charge is 0.243 e. The average Bonchev–Trinajstić information content (AvgIpc) is 3.07. The van der Waals surface area contributed by atoms with E-state index in [1.807, 2.05) is 0 Å². The number of nitrogens with one attached hydrogen (secondary N) is 2. The third-order valence-electron chi connectivity index (χ3n) is 4.07. The maximum absolute atomic E-state index is 5.46. The maximum atomic E-state index is 5.46. The highest BCUT2D eigenvalue weighted by Gasteiger charge is 2.18. The van der Waals surface area contributed by atoms with Gasteiger partial charge in [0.15, 0.2) is 0 Å². The fourth-order valence-electron chi connectivity index (χ4n) is 2.86. The highest BCUT2D eigenvalue weighted by atomic mass is 16.5. The van der Waals surface area contributed by atoms with Gasteiger partial charge >= 0.3 is 0 Å². The predicted molar refractivity (Wildman–Crippen MR) is 81.1 cm³/mol. The van der Waals surface area contributed by atoms with Crippen LogP contribution in [0.2, 0.25) is 0 Å². The monoisotopic (exact) mass is 293 g/mol. The van der Waals surface area contributed by atoms with E-state index in [0.29, 0.717) is 31.1 Å². The normalized spacial score (nSPS) is 19.8. The van der Waals surface area contributed by atoms with E-state index in [-0.39, 0.29) is 0 Å². The minimum Gasteiger partial charge on any atom is -0.378 e. The molecular formula is C13H23N7O. The Morgan fingerprint density at radius 1 is 1.10 bits per heavy atom. The Morgan fingerprint density at radius 2 is 1.81 bits per heavy atom. The van der Waals surface area contributed by atoms with E-state index in [0.717, 1.165) is 25.6 Å². The number of anilines is 3. The number of aromatic nitrogens is 3. The van der Waals surface area contributed by atoms with Crippen LogP contribution in [0.25, 0.3) is 0 Å². The second-order valence-electron chi connectivity index (χ2n) is 5.56. The Kier molecular flexibility index (Phi) is 4.66. The molecule has 2 aliphatic rings. The number of morpholine rings is 1. The van der Waals surface area contributed by atoms with Crippen LogP contribution in [0, 0.1) is 5.92 Å². The lowest BCUT2D eigenvalue weighted by Crippen LogP contribution is -2.37. The largest absolute Gasteiger partial charge is 0.378 e. The van der Waals surface area contributed by atoms with Crippen molar-refractivity contribution in [1.82, 2.24) is 15.0 Å². The average molecular weight is 293 g/mol. The highest BCUT2D eigenvalue weighted by molar-refractivity contribution is 5.43. The van der Waals surface area contributed by atoms with Crippen LogP contribution < -0.4 is 21.5 Å². The van der Waals surface area contributed by atoms with Crippen molar-refractivity contribution in [3.05, 3.63) is 0 Å². The van der Waals surface area contributed by atoms with E-state index in [1.165, 1.54) is 25.7 Å². The summed E-state index contributed by atoms with van der Waals surface area (Å²) in [4.78, 5) is 15.2. The fraction of sp³-hybridized carbons (Fsp3) is 0.769. The lowest BCUT2D eigenvalue weighted by molar-refractivity contribution is 0.122. The second-order valence-corrected chi connectivity index (χ2v) is 5.56. The molecule has 8 nitrogen and oxygen atoms in total. The van der Waals surface area contributed by atoms with Crippen LogP contribution in [0.5, 0.6) is 0 Å². The standard InChI is InChI=1S/C13H23N7O/c14-19-12-16-11(15-9-10-3-1-2-4-10)17-13(18-12)20-5-7-21-8-6-20/h10H,1-9,14H2,(H2,15,16,17,18,19). The van der Waals surface area contributed by atoms with Gasteiger partial charge in [0.2, 0.25) is 17.8 Å². The van der Waals surface area contributed by atoms with Gasteiger partial charge in [0, 0.05) is 19.6 Å². The predicted octanol–water partition coefficient (Wildman–Crippen LogP) is 0.596. The van der Waals surface area contributed by atoms with Crippen LogP contribution in [0.3, 0.4) is 0 Å². The molecule has 1 aliphatic carbocycles. The second kappa shape index (κ2) is 6.86. The molecule has 4 N–H and O–H groups in total. The first-order valence-electron chi connectivity index (χ1n) is 7.64. The molecule has 2 heterocycles. The van der Waals surface area contributed by atoms with Gasteiger partial charge in [-0.1, -0.05) is 12.8 Å². The fourth-order valence-corrected chi connectivity index (χ4v) is 2.86. The van der Waals surface area contributed by atoms with Gasteiger partial charge in [0.25, 0.3) is 0 Å². The summed E-state index contributed by atoms with van der Waals surface area (Å²) < 4.78 is 5.35. The molecule has 2 fully saturated rings. The van der Waals surface area contributed by atoms with Crippen molar-refractivity contribution in [3.8, 4) is 0 Å². The van der Waals surface area contributed by atoms with Crippen molar-refractivity contribution in [2.75, 3.05) is 48.5 Å². The number of rotatable bonds is 5. The molecule has 0 aromatic carbocycles. The van der Waals surface area contributed by atoms with Crippen molar-refractivity contribution >= 4 is 17.8 Å². The molecule has 0 unspecified atom stereocenters. The van der Waals surface area contributed by atoms with E-state index in [4.69, 9.17) is 10.6 Å². The number of nitrogen functional groups attached to an aromatic ring is 1. The first kappa shape index (κ1) is 14.3. The van der Waals surface area contributed by atoms with Crippen molar-refractivity contribution in [1.29, 1.82) is 0 Å². The first-order chi connectivity index (χ1) is 10.3. The van der Waals surface area contributed by atoms with Gasteiger partial charge in [-0.15, -0.1) is 0 Å². The number of hydrogen-bond donors (Lipinski definition) is 3. The molecular weight excluding hydrogens is 270 g/mol. The topological polar surface area (TPSA) is 101 Å². The van der Waals surface area contributed by atoms with Crippen LogP contribution in [0.4, 0.5) is 17.8 Å². The molecule has 0 spiro atoms. The highest BCUT2D eigenvalue weighted by Crippen LogP contribution is 2.24. The maximum Gasteiger partial charge on any atom is 0.243 e. The summed E-state index contributed by atoms with van der Waals surface area (Å²) >= 11 is 0. The molecule has 21 heavy (non-hydrogen) atoms. The summed E-state index contributed by atoms with van der Waals surface area (Å²) in [5.41, 5.74) is 2.51. The molecule has 1 aliphatic heterocycles. The van der Waals surface area contributed by atoms with Crippen LogP contribution >= 0.6 is 0 Å². The van der Waals surface area contributed by atoms with Crippen molar-refractivity contribution in [3.63, 3.8) is 0 Å². The van der Waals surface area contributed by atoms with E-state index in [1.54, 1.807) is 0 Å². The Bertz CT molecular complexity index is 458. The Balaban J connectivity index is 1.69. The van der Waals surface area contributed by atoms with Crippen molar-refractivity contribution in [2.24, 2.45) is 11.8 Å². The van der Waals surface area contributed by atoms with E-state index in [9.17, 15) is 0 Å². The van der Waals surface area contributed by atoms with Gasteiger partial charge in [0.1, 0.15) is 0 Å². The molecule has 8 heteroatoms. The van der Waals surface area contributed by atoms with Crippen LogP contribution in [0.15, 0.2) is 0 Å². The summed E-state index contributed by atoms with van der Waals surface area (Å²) in [6, 6.07) is 0. The molecule has 0 bridgehead atoms. The number of nitrogens with two attached hydrogens (primary N) is 1. The zero-order chi connectivity index (χ0) is 14.5. The van der Waals surface area contributed by atoms with Crippen LogP contribution in [-0.2, 0) is 4.74 Å². The minimum atomic E-state index is 0.389. The SMILES string of the molecule is NNc1nc(NCC2CCCC2)nc(N2CCOCC2)n1. The zero-order valence-corrected chi connectivity index (χ0v) is 12.2. The van der Waals surface area contributed by atoms with Gasteiger partial charge in [-0.25, -0.2) is 5.84 Å². The lowest BCUT2D eigenvalue weighted by atomic mass is 10.1. The quantitative estimate of drug-likeness (QED) is 0.536. The molecule has 116 valence electrons.